The average Bonchev–Trinajstić information content (AvgIpc) is 2.27. The van der Waals surface area contributed by atoms with Gasteiger partial charge in [-0.25, -0.2) is 0 Å². The minimum atomic E-state index is 0.0263. The van der Waals surface area contributed by atoms with Crippen molar-refractivity contribution in [3.05, 3.63) is 29.3 Å². The van der Waals surface area contributed by atoms with E-state index in [4.69, 9.17) is 14.6 Å². The molecule has 0 amide bonds. The van der Waals surface area contributed by atoms with Crippen LogP contribution in [0.3, 0.4) is 0 Å². The van der Waals surface area contributed by atoms with Crippen molar-refractivity contribution in [2.45, 2.75) is 6.92 Å². The van der Waals surface area contributed by atoms with Gasteiger partial charge in [0, 0.05) is 5.56 Å². The molecule has 0 spiro atoms. The molecule has 3 nitrogen and oxygen atoms in total. The van der Waals surface area contributed by atoms with Gasteiger partial charge < -0.3 is 14.6 Å². The lowest BCUT2D eigenvalue weighted by molar-refractivity contribution is 0.343. The molecule has 0 aliphatic rings. The number of ether oxygens (including phenoxy) is 2. The zero-order chi connectivity index (χ0) is 11.3. The van der Waals surface area contributed by atoms with Gasteiger partial charge in [0.25, 0.3) is 0 Å². The third-order valence-electron chi connectivity index (χ3n) is 2.19. The smallest absolute Gasteiger partial charge is 0.126 e. The summed E-state index contributed by atoms with van der Waals surface area (Å²) in [6.07, 6.45) is 3.49. The fourth-order valence-electron chi connectivity index (χ4n) is 1.39. The number of hydrogen-bond acceptors (Lipinski definition) is 3. The van der Waals surface area contributed by atoms with Crippen LogP contribution in [-0.2, 0) is 0 Å². The zero-order valence-corrected chi connectivity index (χ0v) is 9.28. The first-order valence-electron chi connectivity index (χ1n) is 4.73. The summed E-state index contributed by atoms with van der Waals surface area (Å²) in [5.74, 6) is 1.57. The molecular formula is C12H16O3. The molecule has 3 heteroatoms. The Morgan fingerprint density at radius 3 is 2.13 bits per heavy atom. The lowest BCUT2D eigenvalue weighted by Crippen LogP contribution is -1.93. The van der Waals surface area contributed by atoms with Crippen molar-refractivity contribution in [2.75, 3.05) is 20.8 Å². The maximum Gasteiger partial charge on any atom is 0.126 e. The summed E-state index contributed by atoms with van der Waals surface area (Å²) in [5, 5.41) is 8.69. The summed E-state index contributed by atoms with van der Waals surface area (Å²) in [6, 6.07) is 3.81. The minimum Gasteiger partial charge on any atom is -0.496 e. The predicted molar refractivity (Wildman–Crippen MR) is 60.4 cm³/mol. The Morgan fingerprint density at radius 1 is 1.20 bits per heavy atom. The normalized spacial score (nSPS) is 10.7. The van der Waals surface area contributed by atoms with Crippen LogP contribution in [0.4, 0.5) is 0 Å². The van der Waals surface area contributed by atoms with Crippen molar-refractivity contribution in [2.24, 2.45) is 0 Å². The number of aliphatic hydroxyl groups excluding tert-OH is 1. The van der Waals surface area contributed by atoms with Gasteiger partial charge in [-0.3, -0.25) is 0 Å². The van der Waals surface area contributed by atoms with E-state index in [9.17, 15) is 0 Å². The molecule has 0 radical (unpaired) electrons. The van der Waals surface area contributed by atoms with Crippen LogP contribution in [0.25, 0.3) is 6.08 Å². The molecule has 1 rings (SSSR count). The van der Waals surface area contributed by atoms with E-state index >= 15 is 0 Å². The molecule has 0 heterocycles. The molecule has 1 N–H and O–H groups in total. The molecule has 1 aromatic carbocycles. The Morgan fingerprint density at radius 2 is 1.73 bits per heavy atom. The van der Waals surface area contributed by atoms with Gasteiger partial charge in [0.2, 0.25) is 0 Å². The number of rotatable bonds is 4. The van der Waals surface area contributed by atoms with E-state index in [1.165, 1.54) is 0 Å². The van der Waals surface area contributed by atoms with Crippen LogP contribution in [0.1, 0.15) is 11.1 Å². The van der Waals surface area contributed by atoms with E-state index in [2.05, 4.69) is 0 Å². The van der Waals surface area contributed by atoms with Crippen LogP contribution in [-0.4, -0.2) is 25.9 Å². The van der Waals surface area contributed by atoms with Gasteiger partial charge in [-0.1, -0.05) is 12.2 Å². The fraction of sp³-hybridized carbons (Fsp3) is 0.333. The van der Waals surface area contributed by atoms with Crippen molar-refractivity contribution in [1.29, 1.82) is 0 Å². The molecule has 0 aliphatic carbocycles. The molecule has 1 aromatic rings. The lowest BCUT2D eigenvalue weighted by atomic mass is 10.1. The van der Waals surface area contributed by atoms with Crippen LogP contribution in [0, 0.1) is 6.92 Å². The van der Waals surface area contributed by atoms with Crippen molar-refractivity contribution < 1.29 is 14.6 Å². The molecule has 15 heavy (non-hydrogen) atoms. The number of methoxy groups -OCH3 is 2. The average molecular weight is 208 g/mol. The molecule has 82 valence electrons. The molecule has 0 saturated carbocycles. The quantitative estimate of drug-likeness (QED) is 0.822. The highest BCUT2D eigenvalue weighted by molar-refractivity contribution is 5.58. The number of aliphatic hydroxyl groups is 1. The van der Waals surface area contributed by atoms with E-state index < -0.39 is 0 Å². The van der Waals surface area contributed by atoms with Gasteiger partial charge in [-0.15, -0.1) is 0 Å². The van der Waals surface area contributed by atoms with Crippen molar-refractivity contribution in [1.82, 2.24) is 0 Å². The summed E-state index contributed by atoms with van der Waals surface area (Å²) in [5.41, 5.74) is 1.92. The number of hydrogen-bond donors (Lipinski definition) is 1. The Bertz CT molecular complexity index is 331. The third kappa shape index (κ3) is 2.73. The molecule has 0 unspecified atom stereocenters. The SMILES string of the molecule is COc1cc(/C=C/CO)cc(OC)c1C. The topological polar surface area (TPSA) is 38.7 Å². The van der Waals surface area contributed by atoms with Crippen LogP contribution in [0.5, 0.6) is 11.5 Å². The van der Waals surface area contributed by atoms with Crippen molar-refractivity contribution >= 4 is 6.08 Å². The van der Waals surface area contributed by atoms with E-state index in [0.717, 1.165) is 22.6 Å². The van der Waals surface area contributed by atoms with Crippen molar-refractivity contribution in [3.63, 3.8) is 0 Å². The first-order chi connectivity index (χ1) is 7.22. The molecular weight excluding hydrogens is 192 g/mol. The standard InChI is InChI=1S/C12H16O3/c1-9-11(14-2)7-10(5-4-6-13)8-12(9)15-3/h4-5,7-8,13H,6H2,1-3H3/b5-4+. The fourth-order valence-corrected chi connectivity index (χ4v) is 1.39. The summed E-state index contributed by atoms with van der Waals surface area (Å²) in [4.78, 5) is 0. The molecule has 0 fully saturated rings. The van der Waals surface area contributed by atoms with E-state index in [0.29, 0.717) is 0 Å². The maximum atomic E-state index is 8.69. The largest absolute Gasteiger partial charge is 0.496 e. The second kappa shape index (κ2) is 5.41. The predicted octanol–water partition coefficient (Wildman–Crippen LogP) is 2.02. The van der Waals surface area contributed by atoms with Gasteiger partial charge in [0.05, 0.1) is 20.8 Å². The van der Waals surface area contributed by atoms with E-state index in [1.807, 2.05) is 25.1 Å². The first kappa shape index (κ1) is 11.6. The molecule has 0 atom stereocenters. The van der Waals surface area contributed by atoms with Gasteiger partial charge in [0.15, 0.2) is 0 Å². The molecule has 0 aromatic heterocycles. The summed E-state index contributed by atoms with van der Waals surface area (Å²) >= 11 is 0. The zero-order valence-electron chi connectivity index (χ0n) is 9.28. The Labute approximate surface area is 90.0 Å². The van der Waals surface area contributed by atoms with E-state index in [1.54, 1.807) is 20.3 Å². The summed E-state index contributed by atoms with van der Waals surface area (Å²) in [7, 11) is 3.25. The molecule has 0 saturated heterocycles. The van der Waals surface area contributed by atoms with Gasteiger partial charge in [-0.2, -0.15) is 0 Å². The first-order valence-corrected chi connectivity index (χ1v) is 4.73. The lowest BCUT2D eigenvalue weighted by Gasteiger charge is -2.10. The summed E-state index contributed by atoms with van der Waals surface area (Å²) < 4.78 is 10.5. The van der Waals surface area contributed by atoms with Crippen LogP contribution >= 0.6 is 0 Å². The van der Waals surface area contributed by atoms with Gasteiger partial charge >= 0.3 is 0 Å². The molecule has 0 aliphatic heterocycles. The maximum absolute atomic E-state index is 8.69. The minimum absolute atomic E-state index is 0.0263. The van der Waals surface area contributed by atoms with Gasteiger partial charge in [-0.05, 0) is 24.6 Å². The highest BCUT2D eigenvalue weighted by atomic mass is 16.5. The van der Waals surface area contributed by atoms with Crippen LogP contribution < -0.4 is 9.47 Å². The third-order valence-corrected chi connectivity index (χ3v) is 2.19. The highest BCUT2D eigenvalue weighted by Crippen LogP contribution is 2.29. The summed E-state index contributed by atoms with van der Waals surface area (Å²) in [6.45, 7) is 1.97. The Kier molecular flexibility index (Phi) is 4.18. The van der Waals surface area contributed by atoms with Gasteiger partial charge in [0.1, 0.15) is 11.5 Å². The Balaban J connectivity index is 3.14. The van der Waals surface area contributed by atoms with Crippen LogP contribution in [0.15, 0.2) is 18.2 Å². The van der Waals surface area contributed by atoms with Crippen LogP contribution in [0.2, 0.25) is 0 Å². The second-order valence-corrected chi connectivity index (χ2v) is 3.14. The molecule has 0 bridgehead atoms. The monoisotopic (exact) mass is 208 g/mol. The second-order valence-electron chi connectivity index (χ2n) is 3.14. The highest BCUT2D eigenvalue weighted by Gasteiger charge is 2.06. The Hall–Kier alpha value is -1.48. The van der Waals surface area contributed by atoms with E-state index in [-0.39, 0.29) is 6.61 Å². The van der Waals surface area contributed by atoms with Crippen molar-refractivity contribution in [3.8, 4) is 11.5 Å². The number of benzene rings is 1.